The molecule has 19 heavy (non-hydrogen) atoms. The van der Waals surface area contributed by atoms with Crippen LogP contribution in [-0.2, 0) is 0 Å². The van der Waals surface area contributed by atoms with Crippen LogP contribution in [0, 0.1) is 24.1 Å². The summed E-state index contributed by atoms with van der Waals surface area (Å²) in [6.07, 6.45) is 0. The van der Waals surface area contributed by atoms with E-state index in [-0.39, 0.29) is 5.56 Å². The van der Waals surface area contributed by atoms with Crippen molar-refractivity contribution in [3.63, 3.8) is 0 Å². The number of nitrogens with two attached hydrogens (primary N) is 1. The van der Waals surface area contributed by atoms with E-state index in [4.69, 9.17) is 22.6 Å². The molecule has 0 atom stereocenters. The summed E-state index contributed by atoms with van der Waals surface area (Å²) < 4.78 is 13.1. The van der Waals surface area contributed by atoms with Gasteiger partial charge < -0.3 is 11.1 Å². The van der Waals surface area contributed by atoms with Gasteiger partial charge in [0.25, 0.3) is 0 Å². The molecule has 3 nitrogen and oxygen atoms in total. The minimum Gasteiger partial charge on any atom is -0.398 e. The minimum absolute atomic E-state index is 0.229. The summed E-state index contributed by atoms with van der Waals surface area (Å²) >= 11 is 5.96. The fraction of sp³-hybridized carbons (Fsp3) is 0.0714. The van der Waals surface area contributed by atoms with Crippen molar-refractivity contribution in [1.82, 2.24) is 0 Å². The topological polar surface area (TPSA) is 61.8 Å². The molecule has 0 spiro atoms. The highest BCUT2D eigenvalue weighted by molar-refractivity contribution is 6.33. The van der Waals surface area contributed by atoms with Crippen molar-refractivity contribution in [2.75, 3.05) is 11.1 Å². The standard InChI is InChI=1S/C14H11ClFN3/c1-8-4-12(18)11(15)6-14(8)19-13-3-2-10(16)5-9(13)7-17/h2-6,19H,18H2,1H3. The summed E-state index contributed by atoms with van der Waals surface area (Å²) in [5, 5.41) is 12.5. The lowest BCUT2D eigenvalue weighted by Gasteiger charge is -2.12. The predicted octanol–water partition coefficient (Wildman–Crippen LogP) is 3.99. The van der Waals surface area contributed by atoms with E-state index >= 15 is 0 Å². The molecule has 0 saturated carbocycles. The predicted molar refractivity (Wildman–Crippen MR) is 75.0 cm³/mol. The molecule has 2 rings (SSSR count). The van der Waals surface area contributed by atoms with Gasteiger partial charge in [0.2, 0.25) is 0 Å². The highest BCUT2D eigenvalue weighted by atomic mass is 35.5. The Balaban J connectivity index is 2.42. The van der Waals surface area contributed by atoms with Crippen molar-refractivity contribution >= 4 is 28.7 Å². The molecule has 0 aromatic heterocycles. The highest BCUT2D eigenvalue weighted by Crippen LogP contribution is 2.30. The molecule has 5 heteroatoms. The smallest absolute Gasteiger partial charge is 0.124 e. The number of hydrogen-bond acceptors (Lipinski definition) is 3. The van der Waals surface area contributed by atoms with Gasteiger partial charge in [0.15, 0.2) is 0 Å². The molecule has 0 unspecified atom stereocenters. The minimum atomic E-state index is -0.450. The van der Waals surface area contributed by atoms with Gasteiger partial charge in [-0.1, -0.05) is 11.6 Å². The second-order valence-corrected chi connectivity index (χ2v) is 4.52. The Morgan fingerprint density at radius 3 is 2.68 bits per heavy atom. The normalized spacial score (nSPS) is 10.0. The van der Waals surface area contributed by atoms with Gasteiger partial charge >= 0.3 is 0 Å². The lowest BCUT2D eigenvalue weighted by Crippen LogP contribution is -1.98. The Labute approximate surface area is 115 Å². The number of rotatable bonds is 2. The van der Waals surface area contributed by atoms with Crippen molar-refractivity contribution in [1.29, 1.82) is 5.26 Å². The Bertz CT molecular complexity index is 677. The first-order valence-corrected chi connectivity index (χ1v) is 5.91. The van der Waals surface area contributed by atoms with Crippen LogP contribution in [0.1, 0.15) is 11.1 Å². The maximum absolute atomic E-state index is 13.1. The number of anilines is 3. The van der Waals surface area contributed by atoms with Gasteiger partial charge in [-0.05, 0) is 42.8 Å². The van der Waals surface area contributed by atoms with Crippen LogP contribution in [0.5, 0.6) is 0 Å². The number of nitrogens with zero attached hydrogens (tertiary/aromatic N) is 1. The highest BCUT2D eigenvalue weighted by Gasteiger charge is 2.08. The summed E-state index contributed by atoms with van der Waals surface area (Å²) in [4.78, 5) is 0. The summed E-state index contributed by atoms with van der Waals surface area (Å²) in [7, 11) is 0. The van der Waals surface area contributed by atoms with Crippen LogP contribution >= 0.6 is 11.6 Å². The van der Waals surface area contributed by atoms with Crippen LogP contribution in [0.25, 0.3) is 0 Å². The number of benzene rings is 2. The molecule has 0 fully saturated rings. The third kappa shape index (κ3) is 2.78. The van der Waals surface area contributed by atoms with Crippen molar-refractivity contribution in [2.45, 2.75) is 6.92 Å². The average molecular weight is 276 g/mol. The molecule has 0 aliphatic heterocycles. The molecule has 2 aromatic carbocycles. The van der Waals surface area contributed by atoms with Gasteiger partial charge in [-0.2, -0.15) is 5.26 Å². The zero-order chi connectivity index (χ0) is 14.0. The zero-order valence-electron chi connectivity index (χ0n) is 10.2. The van der Waals surface area contributed by atoms with E-state index < -0.39 is 5.82 Å². The van der Waals surface area contributed by atoms with E-state index in [9.17, 15) is 4.39 Å². The maximum atomic E-state index is 13.1. The van der Waals surface area contributed by atoms with E-state index in [0.29, 0.717) is 16.4 Å². The molecule has 3 N–H and O–H groups in total. The number of nitriles is 1. The second kappa shape index (κ2) is 5.17. The molecular weight excluding hydrogens is 265 g/mol. The van der Waals surface area contributed by atoms with Gasteiger partial charge in [-0.25, -0.2) is 4.39 Å². The Morgan fingerprint density at radius 1 is 1.26 bits per heavy atom. The van der Waals surface area contributed by atoms with Gasteiger partial charge in [-0.3, -0.25) is 0 Å². The molecule has 0 bridgehead atoms. The van der Waals surface area contributed by atoms with Gasteiger partial charge in [0.1, 0.15) is 11.9 Å². The number of nitrogen functional groups attached to an aromatic ring is 1. The fourth-order valence-corrected chi connectivity index (χ4v) is 1.87. The molecule has 0 amide bonds. The number of aryl methyl sites for hydroxylation is 1. The molecule has 0 radical (unpaired) electrons. The van der Waals surface area contributed by atoms with E-state index in [1.807, 2.05) is 13.0 Å². The SMILES string of the molecule is Cc1cc(N)c(Cl)cc1Nc1ccc(F)cc1C#N. The zero-order valence-corrected chi connectivity index (χ0v) is 10.9. The summed E-state index contributed by atoms with van der Waals surface area (Å²) in [6.45, 7) is 1.87. The first kappa shape index (κ1) is 13.2. The molecular formula is C14H11ClFN3. The Kier molecular flexibility index (Phi) is 3.59. The lowest BCUT2D eigenvalue weighted by atomic mass is 10.1. The van der Waals surface area contributed by atoms with Crippen molar-refractivity contribution in [3.05, 3.63) is 52.3 Å². The monoisotopic (exact) mass is 275 g/mol. The molecule has 0 saturated heterocycles. The van der Waals surface area contributed by atoms with Gasteiger partial charge in [0.05, 0.1) is 22.0 Å². The summed E-state index contributed by atoms with van der Waals surface area (Å²) in [6, 6.07) is 9.33. The quantitative estimate of drug-likeness (QED) is 0.815. The van der Waals surface area contributed by atoms with E-state index in [1.54, 1.807) is 12.1 Å². The average Bonchev–Trinajstić information content (AvgIpc) is 2.37. The third-order valence-electron chi connectivity index (χ3n) is 2.72. The molecule has 96 valence electrons. The number of hydrogen-bond donors (Lipinski definition) is 2. The van der Waals surface area contributed by atoms with Crippen LogP contribution in [-0.4, -0.2) is 0 Å². The van der Waals surface area contributed by atoms with Crippen molar-refractivity contribution in [3.8, 4) is 6.07 Å². The van der Waals surface area contributed by atoms with Crippen LogP contribution in [0.4, 0.5) is 21.5 Å². The van der Waals surface area contributed by atoms with E-state index in [0.717, 1.165) is 11.3 Å². The van der Waals surface area contributed by atoms with Crippen LogP contribution in [0.2, 0.25) is 5.02 Å². The van der Waals surface area contributed by atoms with Crippen molar-refractivity contribution < 1.29 is 4.39 Å². The largest absolute Gasteiger partial charge is 0.398 e. The van der Waals surface area contributed by atoms with Gasteiger partial charge in [-0.15, -0.1) is 0 Å². The maximum Gasteiger partial charge on any atom is 0.124 e. The first-order chi connectivity index (χ1) is 9.01. The second-order valence-electron chi connectivity index (χ2n) is 4.12. The van der Waals surface area contributed by atoms with E-state index in [2.05, 4.69) is 5.32 Å². The summed E-state index contributed by atoms with van der Waals surface area (Å²) in [5.41, 5.74) is 8.55. The van der Waals surface area contributed by atoms with Crippen molar-refractivity contribution in [2.24, 2.45) is 0 Å². The number of halogens is 2. The molecule has 2 aromatic rings. The molecule has 0 aliphatic carbocycles. The van der Waals surface area contributed by atoms with Gasteiger partial charge in [0, 0.05) is 5.69 Å². The Morgan fingerprint density at radius 2 is 2.00 bits per heavy atom. The van der Waals surface area contributed by atoms with Crippen LogP contribution < -0.4 is 11.1 Å². The molecule has 0 heterocycles. The van der Waals surface area contributed by atoms with Crippen LogP contribution in [0.3, 0.4) is 0 Å². The van der Waals surface area contributed by atoms with E-state index in [1.165, 1.54) is 18.2 Å². The molecule has 0 aliphatic rings. The lowest BCUT2D eigenvalue weighted by molar-refractivity contribution is 0.627. The summed E-state index contributed by atoms with van der Waals surface area (Å²) in [5.74, 6) is -0.450. The first-order valence-electron chi connectivity index (χ1n) is 5.53. The fourth-order valence-electron chi connectivity index (χ4n) is 1.70. The van der Waals surface area contributed by atoms with Crippen LogP contribution in [0.15, 0.2) is 30.3 Å². The number of nitrogens with one attached hydrogen (secondary N) is 1. The Hall–Kier alpha value is -2.25. The third-order valence-corrected chi connectivity index (χ3v) is 3.04.